The highest BCUT2D eigenvalue weighted by Crippen LogP contribution is 2.56. The molecular formula is C25H19FN2. The number of hydrogen-bond donors (Lipinski definition) is 2. The van der Waals surface area contributed by atoms with E-state index in [0.717, 1.165) is 11.3 Å². The normalized spacial score (nSPS) is 22.0. The lowest BCUT2D eigenvalue weighted by atomic mass is 9.77. The van der Waals surface area contributed by atoms with Crippen LogP contribution in [0.15, 0.2) is 84.9 Å². The predicted octanol–water partition coefficient (Wildman–Crippen LogP) is 6.40. The minimum Gasteiger partial charge on any atom is -0.377 e. The third kappa shape index (κ3) is 2.19. The highest BCUT2D eigenvalue weighted by Gasteiger charge is 2.44. The third-order valence-electron chi connectivity index (χ3n) is 6.17. The maximum absolute atomic E-state index is 13.5. The molecule has 0 aliphatic carbocycles. The van der Waals surface area contributed by atoms with Crippen molar-refractivity contribution in [2.75, 3.05) is 10.6 Å². The zero-order valence-corrected chi connectivity index (χ0v) is 15.2. The van der Waals surface area contributed by atoms with Gasteiger partial charge < -0.3 is 10.6 Å². The van der Waals surface area contributed by atoms with Gasteiger partial charge in [0.15, 0.2) is 0 Å². The second-order valence-electron chi connectivity index (χ2n) is 7.66. The average molecular weight is 366 g/mol. The molecule has 2 nitrogen and oxygen atoms in total. The van der Waals surface area contributed by atoms with Crippen molar-refractivity contribution in [3.63, 3.8) is 0 Å². The molecule has 2 aliphatic heterocycles. The molecule has 0 radical (unpaired) electrons. The van der Waals surface area contributed by atoms with Gasteiger partial charge in [0.05, 0.1) is 12.1 Å². The highest BCUT2D eigenvalue weighted by atomic mass is 19.1. The lowest BCUT2D eigenvalue weighted by molar-refractivity contribution is 0.522. The molecule has 2 heterocycles. The number of para-hydroxylation sites is 1. The number of hydrogen-bond acceptors (Lipinski definition) is 2. The van der Waals surface area contributed by atoms with E-state index in [-0.39, 0.29) is 23.8 Å². The van der Waals surface area contributed by atoms with Gasteiger partial charge >= 0.3 is 0 Å². The van der Waals surface area contributed by atoms with Crippen LogP contribution in [0.25, 0.3) is 10.8 Å². The van der Waals surface area contributed by atoms with Crippen LogP contribution in [0.2, 0.25) is 0 Å². The van der Waals surface area contributed by atoms with E-state index < -0.39 is 0 Å². The molecule has 2 aliphatic rings. The van der Waals surface area contributed by atoms with Gasteiger partial charge in [-0.15, -0.1) is 0 Å². The van der Waals surface area contributed by atoms with Crippen LogP contribution in [-0.2, 0) is 0 Å². The number of halogens is 1. The minimum absolute atomic E-state index is 0.0791. The molecule has 2 N–H and O–H groups in total. The Morgan fingerprint density at radius 3 is 2.29 bits per heavy atom. The lowest BCUT2D eigenvalue weighted by Crippen LogP contribution is -2.30. The molecule has 0 unspecified atom stereocenters. The van der Waals surface area contributed by atoms with Crippen molar-refractivity contribution in [3.05, 3.63) is 107 Å². The average Bonchev–Trinajstić information content (AvgIpc) is 3.13. The smallest absolute Gasteiger partial charge is 0.123 e. The van der Waals surface area contributed by atoms with Gasteiger partial charge in [-0.25, -0.2) is 4.39 Å². The van der Waals surface area contributed by atoms with E-state index in [1.54, 1.807) is 12.1 Å². The fourth-order valence-electron chi connectivity index (χ4n) is 4.95. The number of rotatable bonds is 1. The maximum atomic E-state index is 13.5. The molecule has 0 fully saturated rings. The van der Waals surface area contributed by atoms with Crippen LogP contribution in [0.4, 0.5) is 15.8 Å². The van der Waals surface area contributed by atoms with Gasteiger partial charge in [-0.05, 0) is 46.2 Å². The zero-order chi connectivity index (χ0) is 18.7. The summed E-state index contributed by atoms with van der Waals surface area (Å²) < 4.78 is 13.5. The van der Waals surface area contributed by atoms with Crippen molar-refractivity contribution >= 4 is 22.1 Å². The molecule has 4 aromatic carbocycles. The monoisotopic (exact) mass is 366 g/mol. The Labute approximate surface area is 163 Å². The predicted molar refractivity (Wildman–Crippen MR) is 112 cm³/mol. The van der Waals surface area contributed by atoms with Crippen LogP contribution in [0.1, 0.15) is 34.7 Å². The summed E-state index contributed by atoms with van der Waals surface area (Å²) >= 11 is 0. The van der Waals surface area contributed by atoms with Crippen LogP contribution >= 0.6 is 0 Å². The van der Waals surface area contributed by atoms with Crippen molar-refractivity contribution in [2.24, 2.45) is 0 Å². The van der Waals surface area contributed by atoms with E-state index in [1.807, 2.05) is 12.1 Å². The van der Waals surface area contributed by atoms with Crippen LogP contribution in [0.5, 0.6) is 0 Å². The Balaban J connectivity index is 1.60. The zero-order valence-electron chi connectivity index (χ0n) is 15.2. The molecule has 0 spiro atoms. The van der Waals surface area contributed by atoms with Crippen molar-refractivity contribution in [2.45, 2.75) is 18.0 Å². The van der Waals surface area contributed by atoms with E-state index >= 15 is 0 Å². The van der Waals surface area contributed by atoms with Crippen molar-refractivity contribution in [1.29, 1.82) is 0 Å². The molecule has 0 aromatic heterocycles. The lowest BCUT2D eigenvalue weighted by Gasteiger charge is -2.38. The fraction of sp³-hybridized carbons (Fsp3) is 0.120. The molecule has 0 bridgehead atoms. The van der Waals surface area contributed by atoms with Gasteiger partial charge in [0.25, 0.3) is 0 Å². The van der Waals surface area contributed by atoms with Gasteiger partial charge in [-0.1, -0.05) is 60.7 Å². The first-order chi connectivity index (χ1) is 13.8. The fourth-order valence-corrected chi connectivity index (χ4v) is 4.95. The highest BCUT2D eigenvalue weighted by molar-refractivity contribution is 5.92. The van der Waals surface area contributed by atoms with Gasteiger partial charge in [-0.3, -0.25) is 0 Å². The first kappa shape index (κ1) is 15.7. The van der Waals surface area contributed by atoms with E-state index in [2.05, 4.69) is 71.3 Å². The van der Waals surface area contributed by atoms with E-state index in [0.29, 0.717) is 0 Å². The SMILES string of the molecule is Fc1ccc([C@H]2Nc3ccc4ccccc4c3[C@@H]3Nc4ccccc4[C@H]23)cc1. The summed E-state index contributed by atoms with van der Waals surface area (Å²) in [6.45, 7) is 0. The Morgan fingerprint density at radius 2 is 1.39 bits per heavy atom. The Kier molecular flexibility index (Phi) is 3.27. The minimum atomic E-state index is -0.201. The Bertz CT molecular complexity index is 1200. The van der Waals surface area contributed by atoms with Crippen molar-refractivity contribution < 1.29 is 4.39 Å². The number of nitrogens with one attached hydrogen (secondary N) is 2. The van der Waals surface area contributed by atoms with Crippen molar-refractivity contribution in [1.82, 2.24) is 0 Å². The number of fused-ring (bicyclic) bond motifs is 7. The second-order valence-corrected chi connectivity index (χ2v) is 7.66. The molecule has 0 saturated carbocycles. The summed E-state index contributed by atoms with van der Waals surface area (Å²) in [5.74, 6) is 0.0346. The molecule has 3 atom stereocenters. The summed E-state index contributed by atoms with van der Waals surface area (Å²) in [6, 6.07) is 28.6. The molecule has 28 heavy (non-hydrogen) atoms. The molecule has 4 aromatic rings. The first-order valence-corrected chi connectivity index (χ1v) is 9.69. The molecule has 3 heteroatoms. The van der Waals surface area contributed by atoms with Gasteiger partial charge in [0.2, 0.25) is 0 Å². The van der Waals surface area contributed by atoms with Crippen LogP contribution < -0.4 is 10.6 Å². The Hall–Kier alpha value is -3.33. The summed E-state index contributed by atoms with van der Waals surface area (Å²) in [5, 5.41) is 10.1. The van der Waals surface area contributed by atoms with Gasteiger partial charge in [0, 0.05) is 22.9 Å². The largest absolute Gasteiger partial charge is 0.377 e. The summed E-state index contributed by atoms with van der Waals surface area (Å²) in [7, 11) is 0. The van der Waals surface area contributed by atoms with E-state index in [9.17, 15) is 4.39 Å². The molecular weight excluding hydrogens is 347 g/mol. The van der Waals surface area contributed by atoms with E-state index in [1.165, 1.54) is 27.6 Å². The van der Waals surface area contributed by atoms with Gasteiger partial charge in [0.1, 0.15) is 5.82 Å². The van der Waals surface area contributed by atoms with Crippen LogP contribution in [0, 0.1) is 5.82 Å². The quantitative estimate of drug-likeness (QED) is 0.407. The maximum Gasteiger partial charge on any atom is 0.123 e. The van der Waals surface area contributed by atoms with E-state index in [4.69, 9.17) is 0 Å². The van der Waals surface area contributed by atoms with Gasteiger partial charge in [-0.2, -0.15) is 0 Å². The molecule has 6 rings (SSSR count). The van der Waals surface area contributed by atoms with Crippen molar-refractivity contribution in [3.8, 4) is 0 Å². The topological polar surface area (TPSA) is 24.1 Å². The summed E-state index contributed by atoms with van der Waals surface area (Å²) in [6.07, 6.45) is 0. The third-order valence-corrected chi connectivity index (χ3v) is 6.17. The summed E-state index contributed by atoms with van der Waals surface area (Å²) in [5.41, 5.74) is 6.07. The first-order valence-electron chi connectivity index (χ1n) is 9.69. The second kappa shape index (κ2) is 5.83. The molecule has 0 amide bonds. The van der Waals surface area contributed by atoms with Crippen LogP contribution in [0.3, 0.4) is 0 Å². The Morgan fingerprint density at radius 1 is 0.643 bits per heavy atom. The van der Waals surface area contributed by atoms with Crippen LogP contribution in [-0.4, -0.2) is 0 Å². The molecule has 136 valence electrons. The molecule has 0 saturated heterocycles. The number of benzene rings is 4. The standard InChI is InChI=1S/C25H19FN2/c26-17-12-9-16(10-13-17)24-23-19-7-3-4-8-20(19)27-25(23)22-18-6-2-1-5-15(18)11-14-21(22)28-24/h1-14,23-25,27-28H/t23-,24-,25+/m1/s1. The number of anilines is 2. The summed E-state index contributed by atoms with van der Waals surface area (Å²) in [4.78, 5) is 0.